The smallest absolute Gasteiger partial charge is 0.408 e. The zero-order valence-electron chi connectivity index (χ0n) is 24.4. The number of amides is 2. The zero-order chi connectivity index (χ0) is 31.4. The largest absolute Gasteiger partial charge is 0.448 e. The minimum absolute atomic E-state index is 0.0158. The van der Waals surface area contributed by atoms with Crippen LogP contribution in [0.15, 0.2) is 77.1 Å². The third-order valence-corrected chi connectivity index (χ3v) is 8.82. The first kappa shape index (κ1) is 31.1. The fourth-order valence-corrected chi connectivity index (χ4v) is 7.00. The van der Waals surface area contributed by atoms with Crippen LogP contribution >= 0.6 is 23.5 Å². The van der Waals surface area contributed by atoms with Crippen LogP contribution in [-0.4, -0.2) is 66.3 Å². The third-order valence-electron chi connectivity index (χ3n) is 6.63. The first-order valence-electron chi connectivity index (χ1n) is 13.9. The number of ether oxygens (including phenoxy) is 2. The molecule has 0 saturated carbocycles. The van der Waals surface area contributed by atoms with Crippen LogP contribution in [0.3, 0.4) is 0 Å². The van der Waals surface area contributed by atoms with Crippen LogP contribution in [0, 0.1) is 0 Å². The number of carbonyl (C=O) groups is 3. The lowest BCUT2D eigenvalue weighted by Gasteiger charge is -2.49. The summed E-state index contributed by atoms with van der Waals surface area (Å²) in [5.41, 5.74) is 13.2. The summed E-state index contributed by atoms with van der Waals surface area (Å²) >= 11 is 2.76. The highest BCUT2D eigenvalue weighted by molar-refractivity contribution is 8.00. The number of nitrogen functional groups attached to an aromatic ring is 2. The number of carbonyl (C=O) groups excluding carboxylic acids is 3. The summed E-state index contributed by atoms with van der Waals surface area (Å²) < 4.78 is 11.5. The van der Waals surface area contributed by atoms with Crippen LogP contribution in [0.25, 0.3) is 0 Å². The molecule has 2 aliphatic heterocycles. The SMILES string of the molecule is CC(C)(C)OC(=O)N[C@@H]1C(=O)N2C(C(=O)OC(c3ccccc3)c3ccccc3)=C(CCSc3nc(N)nc(N)n3)CS[C@H]12. The van der Waals surface area contributed by atoms with E-state index in [0.29, 0.717) is 23.1 Å². The van der Waals surface area contributed by atoms with E-state index in [4.69, 9.17) is 20.9 Å². The number of anilines is 2. The molecular weight excluding hydrogens is 603 g/mol. The number of β-lactam (4-membered cyclic amide) rings is 1. The summed E-state index contributed by atoms with van der Waals surface area (Å²) in [4.78, 5) is 53.5. The Morgan fingerprint density at radius 2 is 1.61 bits per heavy atom. The Hall–Kier alpha value is -4.30. The number of fused-ring (bicyclic) bond motifs is 1. The van der Waals surface area contributed by atoms with Crippen LogP contribution < -0.4 is 16.8 Å². The second-order valence-corrected chi connectivity index (χ2v) is 13.2. The Kier molecular flexibility index (Phi) is 9.30. The number of alkyl carbamates (subject to hydrolysis) is 1. The molecule has 44 heavy (non-hydrogen) atoms. The van der Waals surface area contributed by atoms with E-state index in [0.717, 1.165) is 16.7 Å². The Balaban J connectivity index is 1.42. The molecule has 3 heterocycles. The average Bonchev–Trinajstić information content (AvgIpc) is 2.97. The number of nitrogens with two attached hydrogens (primary N) is 2. The van der Waals surface area contributed by atoms with Crippen molar-refractivity contribution in [3.8, 4) is 0 Å². The van der Waals surface area contributed by atoms with Crippen LogP contribution in [0.2, 0.25) is 0 Å². The van der Waals surface area contributed by atoms with Gasteiger partial charge >= 0.3 is 12.1 Å². The molecule has 0 bridgehead atoms. The Morgan fingerprint density at radius 3 is 2.18 bits per heavy atom. The van der Waals surface area contributed by atoms with E-state index >= 15 is 0 Å². The van der Waals surface area contributed by atoms with Gasteiger partial charge in [-0.25, -0.2) is 9.59 Å². The van der Waals surface area contributed by atoms with Crippen molar-refractivity contribution in [3.63, 3.8) is 0 Å². The maximum absolute atomic E-state index is 14.1. The Bertz CT molecular complexity index is 1510. The molecule has 230 valence electrons. The zero-order valence-corrected chi connectivity index (χ0v) is 26.1. The van der Waals surface area contributed by atoms with Gasteiger partial charge in [0, 0.05) is 11.5 Å². The highest BCUT2D eigenvalue weighted by atomic mass is 32.2. The van der Waals surface area contributed by atoms with Crippen molar-refractivity contribution in [2.24, 2.45) is 0 Å². The van der Waals surface area contributed by atoms with Crippen molar-refractivity contribution < 1.29 is 23.9 Å². The minimum atomic E-state index is -0.844. The molecule has 14 heteroatoms. The summed E-state index contributed by atoms with van der Waals surface area (Å²) in [5, 5.41) is 2.53. The molecule has 2 atom stereocenters. The third kappa shape index (κ3) is 7.25. The van der Waals surface area contributed by atoms with Crippen molar-refractivity contribution in [1.29, 1.82) is 0 Å². The van der Waals surface area contributed by atoms with E-state index < -0.39 is 41.1 Å². The van der Waals surface area contributed by atoms with Gasteiger partial charge in [0.15, 0.2) is 11.3 Å². The number of thioether (sulfide) groups is 2. The summed E-state index contributed by atoms with van der Waals surface area (Å²) in [5.74, 6) is -0.105. The van der Waals surface area contributed by atoms with Gasteiger partial charge < -0.3 is 26.3 Å². The maximum atomic E-state index is 14.1. The van der Waals surface area contributed by atoms with Crippen molar-refractivity contribution in [3.05, 3.63) is 83.1 Å². The van der Waals surface area contributed by atoms with Crippen molar-refractivity contribution in [2.45, 2.75) is 55.5 Å². The molecule has 2 amide bonds. The summed E-state index contributed by atoms with van der Waals surface area (Å²) in [7, 11) is 0. The van der Waals surface area contributed by atoms with E-state index in [1.807, 2.05) is 60.7 Å². The fraction of sp³-hybridized carbons (Fsp3) is 0.333. The van der Waals surface area contributed by atoms with Gasteiger partial charge in [0.05, 0.1) is 0 Å². The van der Waals surface area contributed by atoms with Crippen LogP contribution in [0.1, 0.15) is 44.4 Å². The van der Waals surface area contributed by atoms with E-state index in [1.54, 1.807) is 20.8 Å². The molecule has 1 saturated heterocycles. The number of nitrogens with one attached hydrogen (secondary N) is 1. The highest BCUT2D eigenvalue weighted by Gasteiger charge is 2.55. The number of hydrogen-bond acceptors (Lipinski definition) is 12. The lowest BCUT2D eigenvalue weighted by Crippen LogP contribution is -2.70. The first-order chi connectivity index (χ1) is 21.0. The van der Waals surface area contributed by atoms with Crippen molar-refractivity contribution >= 4 is 53.4 Å². The molecule has 1 aromatic heterocycles. The van der Waals surface area contributed by atoms with E-state index in [9.17, 15) is 14.4 Å². The molecule has 0 spiro atoms. The first-order valence-corrected chi connectivity index (χ1v) is 15.9. The van der Waals surface area contributed by atoms with Crippen LogP contribution in [0.5, 0.6) is 0 Å². The molecule has 0 unspecified atom stereocenters. The number of benzene rings is 2. The molecule has 12 nitrogen and oxygen atoms in total. The Labute approximate surface area is 263 Å². The van der Waals surface area contributed by atoms with Gasteiger partial charge in [-0.2, -0.15) is 15.0 Å². The molecule has 5 N–H and O–H groups in total. The molecule has 0 aliphatic carbocycles. The number of rotatable bonds is 9. The standard InChI is InChI=1S/C30H33N7O5S2/c1-30(2,3)42-29(40)33-20-23(38)37-21(19(16-44-24(20)37)14-15-43-28-35-26(31)34-27(32)36-28)25(39)41-22(17-10-6-4-7-11-17)18-12-8-5-9-13-18/h4-13,20,22,24H,14-16H2,1-3H3,(H,33,40)(H4,31,32,34,35,36)/t20-,24-/m1/s1. The van der Waals surface area contributed by atoms with Gasteiger partial charge in [-0.1, -0.05) is 72.4 Å². The molecule has 5 rings (SSSR count). The molecule has 3 aromatic rings. The topological polar surface area (TPSA) is 176 Å². The van der Waals surface area contributed by atoms with E-state index in [2.05, 4.69) is 20.3 Å². The molecular formula is C30H33N7O5S2. The van der Waals surface area contributed by atoms with Crippen molar-refractivity contribution in [2.75, 3.05) is 23.0 Å². The molecule has 2 aliphatic rings. The van der Waals surface area contributed by atoms with Gasteiger partial charge in [-0.3, -0.25) is 9.69 Å². The predicted octanol–water partition coefficient (Wildman–Crippen LogP) is 3.91. The maximum Gasteiger partial charge on any atom is 0.408 e. The highest BCUT2D eigenvalue weighted by Crippen LogP contribution is 2.43. The normalized spacial score (nSPS) is 18.0. The number of hydrogen-bond donors (Lipinski definition) is 3. The average molecular weight is 636 g/mol. The number of nitrogens with zero attached hydrogens (tertiary/aromatic N) is 4. The quantitative estimate of drug-likeness (QED) is 0.176. The molecule has 2 aromatic carbocycles. The summed E-state index contributed by atoms with van der Waals surface area (Å²) in [6.45, 7) is 5.23. The molecule has 0 radical (unpaired) electrons. The second-order valence-electron chi connectivity index (χ2n) is 11.0. The monoisotopic (exact) mass is 635 g/mol. The lowest BCUT2D eigenvalue weighted by atomic mass is 10.00. The number of aromatic nitrogens is 3. The molecule has 1 fully saturated rings. The van der Waals surface area contributed by atoms with Crippen LogP contribution in [0.4, 0.5) is 16.7 Å². The van der Waals surface area contributed by atoms with Gasteiger partial charge in [0.25, 0.3) is 5.91 Å². The van der Waals surface area contributed by atoms with Crippen molar-refractivity contribution in [1.82, 2.24) is 25.2 Å². The predicted molar refractivity (Wildman–Crippen MR) is 168 cm³/mol. The number of esters is 1. The van der Waals surface area contributed by atoms with Gasteiger partial charge in [-0.05, 0) is 43.9 Å². The second kappa shape index (κ2) is 13.1. The lowest BCUT2D eigenvalue weighted by molar-refractivity contribution is -0.153. The minimum Gasteiger partial charge on any atom is -0.448 e. The van der Waals surface area contributed by atoms with E-state index in [-0.39, 0.29) is 17.6 Å². The van der Waals surface area contributed by atoms with Gasteiger partial charge in [-0.15, -0.1) is 11.8 Å². The fourth-order valence-electron chi connectivity index (χ4n) is 4.76. The van der Waals surface area contributed by atoms with E-state index in [1.165, 1.54) is 28.4 Å². The van der Waals surface area contributed by atoms with Gasteiger partial charge in [0.2, 0.25) is 11.9 Å². The summed E-state index contributed by atoms with van der Waals surface area (Å²) in [6, 6.07) is 18.0. The van der Waals surface area contributed by atoms with Gasteiger partial charge in [0.1, 0.15) is 22.7 Å². The Morgan fingerprint density at radius 1 is 1.02 bits per heavy atom. The van der Waals surface area contributed by atoms with Crippen LogP contribution in [-0.2, 0) is 19.1 Å². The summed E-state index contributed by atoms with van der Waals surface area (Å²) in [6.07, 6.45) is -0.977.